The quantitative estimate of drug-likeness (QED) is 0.714. The van der Waals surface area contributed by atoms with E-state index in [2.05, 4.69) is 13.8 Å². The van der Waals surface area contributed by atoms with Crippen LogP contribution in [0.2, 0.25) is 0 Å². The highest BCUT2D eigenvalue weighted by Gasteiger charge is 2.24. The molecule has 1 heterocycles. The third-order valence-corrected chi connectivity index (χ3v) is 4.10. The molecule has 0 unspecified atom stereocenters. The van der Waals surface area contributed by atoms with Crippen molar-refractivity contribution < 1.29 is 14.3 Å². The largest absolute Gasteiger partial charge is 0.493 e. The predicted octanol–water partition coefficient (Wildman–Crippen LogP) is 3.11. The van der Waals surface area contributed by atoms with E-state index in [1.54, 1.807) is 0 Å². The lowest BCUT2D eigenvalue weighted by Crippen LogP contribution is -2.41. The Labute approximate surface area is 157 Å². The lowest BCUT2D eigenvalue weighted by Gasteiger charge is -2.32. The second-order valence-electron chi connectivity index (χ2n) is 6.74. The topological polar surface area (TPSA) is 64.8 Å². The molecule has 5 nitrogen and oxygen atoms in total. The number of amides is 1. The molecular weight excluding hydrogens is 340 g/mol. The van der Waals surface area contributed by atoms with Gasteiger partial charge in [-0.25, -0.2) is 0 Å². The lowest BCUT2D eigenvalue weighted by atomic mass is 10.1. The van der Waals surface area contributed by atoms with E-state index in [9.17, 15) is 4.79 Å². The Hall–Kier alpha value is -1.30. The fraction of sp³-hybridized carbons (Fsp3) is 0.632. The number of ether oxygens (including phenoxy) is 2. The van der Waals surface area contributed by atoms with Crippen molar-refractivity contribution in [3.8, 4) is 5.75 Å². The number of carbonyl (C=O) groups excluding carboxylic acids is 1. The Kier molecular flexibility index (Phi) is 9.86. The van der Waals surface area contributed by atoms with Gasteiger partial charge in [-0.2, -0.15) is 0 Å². The van der Waals surface area contributed by atoms with E-state index >= 15 is 0 Å². The highest BCUT2D eigenvalue weighted by Crippen LogP contribution is 2.19. The van der Waals surface area contributed by atoms with E-state index in [0.29, 0.717) is 31.2 Å². The highest BCUT2D eigenvalue weighted by atomic mass is 35.5. The van der Waals surface area contributed by atoms with Crippen LogP contribution < -0.4 is 10.5 Å². The molecular formula is C19H31ClN2O3. The summed E-state index contributed by atoms with van der Waals surface area (Å²) in [6, 6.07) is 7.48. The van der Waals surface area contributed by atoms with Crippen LogP contribution in [0.3, 0.4) is 0 Å². The maximum Gasteiger partial charge on any atom is 0.253 e. The zero-order valence-electron chi connectivity index (χ0n) is 15.3. The van der Waals surface area contributed by atoms with Crippen molar-refractivity contribution >= 4 is 18.3 Å². The maximum absolute atomic E-state index is 12.7. The van der Waals surface area contributed by atoms with E-state index in [4.69, 9.17) is 15.2 Å². The first kappa shape index (κ1) is 21.7. The number of hydrogen-bond acceptors (Lipinski definition) is 4. The molecule has 0 bridgehead atoms. The highest BCUT2D eigenvalue weighted by molar-refractivity contribution is 5.94. The van der Waals surface area contributed by atoms with Crippen LogP contribution in [-0.4, -0.2) is 49.8 Å². The standard InChI is InChI=1S/C19H30N2O3.ClH/c1-15(2)14-24-18-6-3-5-16(13-18)19(22)21-10-7-17(8-11-21)23-12-4-9-20;/h3,5-6,13,15,17H,4,7-12,14,20H2,1-2H3;1H. The minimum absolute atomic E-state index is 0. The van der Waals surface area contributed by atoms with E-state index < -0.39 is 0 Å². The summed E-state index contributed by atoms with van der Waals surface area (Å²) < 4.78 is 11.5. The molecule has 1 aliphatic heterocycles. The van der Waals surface area contributed by atoms with Crippen molar-refractivity contribution in [1.82, 2.24) is 4.90 Å². The number of likely N-dealkylation sites (tertiary alicyclic amines) is 1. The van der Waals surface area contributed by atoms with E-state index in [1.807, 2.05) is 29.2 Å². The van der Waals surface area contributed by atoms with Gasteiger partial charge in [0.05, 0.1) is 12.7 Å². The zero-order valence-corrected chi connectivity index (χ0v) is 16.1. The minimum Gasteiger partial charge on any atom is -0.493 e. The van der Waals surface area contributed by atoms with Gasteiger partial charge in [-0.15, -0.1) is 12.4 Å². The van der Waals surface area contributed by atoms with Crippen molar-refractivity contribution in [3.05, 3.63) is 29.8 Å². The summed E-state index contributed by atoms with van der Waals surface area (Å²) in [7, 11) is 0. The molecule has 0 radical (unpaired) electrons. The Morgan fingerprint density at radius 1 is 1.32 bits per heavy atom. The van der Waals surface area contributed by atoms with Crippen LogP contribution >= 0.6 is 12.4 Å². The van der Waals surface area contributed by atoms with Gasteiger partial charge in [0.2, 0.25) is 0 Å². The maximum atomic E-state index is 12.7. The van der Waals surface area contributed by atoms with Crippen molar-refractivity contribution in [2.75, 3.05) is 32.8 Å². The van der Waals surface area contributed by atoms with Gasteiger partial charge in [0, 0.05) is 25.3 Å². The van der Waals surface area contributed by atoms with Crippen LogP contribution in [0.15, 0.2) is 24.3 Å². The summed E-state index contributed by atoms with van der Waals surface area (Å²) in [6.45, 7) is 7.72. The van der Waals surface area contributed by atoms with Crippen molar-refractivity contribution in [2.24, 2.45) is 11.7 Å². The number of nitrogens with zero attached hydrogens (tertiary/aromatic N) is 1. The first-order valence-electron chi connectivity index (χ1n) is 8.94. The van der Waals surface area contributed by atoms with Crippen LogP contribution in [0, 0.1) is 5.92 Å². The molecule has 1 saturated heterocycles. The van der Waals surface area contributed by atoms with Gasteiger partial charge in [-0.3, -0.25) is 4.79 Å². The molecule has 1 aliphatic rings. The average Bonchev–Trinajstić information content (AvgIpc) is 2.60. The van der Waals surface area contributed by atoms with Gasteiger partial charge < -0.3 is 20.1 Å². The molecule has 25 heavy (non-hydrogen) atoms. The summed E-state index contributed by atoms with van der Waals surface area (Å²) in [5, 5.41) is 0. The number of halogens is 1. The predicted molar refractivity (Wildman–Crippen MR) is 103 cm³/mol. The molecule has 1 amide bonds. The lowest BCUT2D eigenvalue weighted by molar-refractivity contribution is 0.00843. The molecule has 1 fully saturated rings. The number of carbonyl (C=O) groups is 1. The number of nitrogens with two attached hydrogens (primary N) is 1. The van der Waals surface area contributed by atoms with Crippen molar-refractivity contribution in [2.45, 2.75) is 39.2 Å². The number of piperidine rings is 1. The molecule has 0 spiro atoms. The fourth-order valence-electron chi connectivity index (χ4n) is 2.72. The van der Waals surface area contributed by atoms with E-state index in [0.717, 1.165) is 38.1 Å². The SMILES string of the molecule is CC(C)COc1cccc(C(=O)N2CCC(OCCCN)CC2)c1.Cl. The van der Waals surface area contributed by atoms with E-state index in [1.165, 1.54) is 0 Å². The Morgan fingerprint density at radius 2 is 2.04 bits per heavy atom. The second-order valence-corrected chi connectivity index (χ2v) is 6.74. The third kappa shape index (κ3) is 7.22. The smallest absolute Gasteiger partial charge is 0.253 e. The Morgan fingerprint density at radius 3 is 2.68 bits per heavy atom. The van der Waals surface area contributed by atoms with Gasteiger partial charge in [0.25, 0.3) is 5.91 Å². The van der Waals surface area contributed by atoms with E-state index in [-0.39, 0.29) is 24.4 Å². The zero-order chi connectivity index (χ0) is 17.4. The minimum atomic E-state index is 0. The molecule has 1 aromatic carbocycles. The summed E-state index contributed by atoms with van der Waals surface area (Å²) >= 11 is 0. The van der Waals surface area contributed by atoms with Crippen LogP contribution in [-0.2, 0) is 4.74 Å². The monoisotopic (exact) mass is 370 g/mol. The first-order chi connectivity index (χ1) is 11.6. The summed E-state index contributed by atoms with van der Waals surface area (Å²) in [5.74, 6) is 1.29. The first-order valence-corrected chi connectivity index (χ1v) is 8.94. The van der Waals surface area contributed by atoms with Crippen LogP contribution in [0.1, 0.15) is 43.5 Å². The summed E-state index contributed by atoms with van der Waals surface area (Å²) in [6.07, 6.45) is 2.92. The van der Waals surface area contributed by atoms with Crippen LogP contribution in [0.5, 0.6) is 5.75 Å². The second kappa shape index (κ2) is 11.3. The molecule has 1 aromatic rings. The van der Waals surface area contributed by atoms with Gasteiger partial charge in [-0.1, -0.05) is 19.9 Å². The summed E-state index contributed by atoms with van der Waals surface area (Å²) in [5.41, 5.74) is 6.17. The molecule has 0 atom stereocenters. The third-order valence-electron chi connectivity index (χ3n) is 4.10. The molecule has 6 heteroatoms. The van der Waals surface area contributed by atoms with Crippen molar-refractivity contribution in [1.29, 1.82) is 0 Å². The fourth-order valence-corrected chi connectivity index (χ4v) is 2.72. The van der Waals surface area contributed by atoms with Crippen LogP contribution in [0.4, 0.5) is 0 Å². The van der Waals surface area contributed by atoms with Gasteiger partial charge in [-0.05, 0) is 49.9 Å². The molecule has 2 rings (SSSR count). The number of benzene rings is 1. The number of hydrogen-bond donors (Lipinski definition) is 1. The molecule has 0 aliphatic carbocycles. The molecule has 0 saturated carbocycles. The Balaban J connectivity index is 0.00000312. The summed E-state index contributed by atoms with van der Waals surface area (Å²) in [4.78, 5) is 14.6. The molecule has 142 valence electrons. The number of rotatable bonds is 8. The van der Waals surface area contributed by atoms with Gasteiger partial charge in [0.1, 0.15) is 5.75 Å². The molecule has 0 aromatic heterocycles. The van der Waals surface area contributed by atoms with Gasteiger partial charge >= 0.3 is 0 Å². The Bertz CT molecular complexity index is 517. The average molecular weight is 371 g/mol. The van der Waals surface area contributed by atoms with Gasteiger partial charge in [0.15, 0.2) is 0 Å². The molecule has 2 N–H and O–H groups in total. The van der Waals surface area contributed by atoms with Crippen molar-refractivity contribution in [3.63, 3.8) is 0 Å². The normalized spacial score (nSPS) is 15.1. The van der Waals surface area contributed by atoms with Crippen LogP contribution in [0.25, 0.3) is 0 Å².